The highest BCUT2D eigenvalue weighted by atomic mass is 35.5. The lowest BCUT2D eigenvalue weighted by Gasteiger charge is -2.72. The van der Waals surface area contributed by atoms with E-state index in [9.17, 15) is 18.4 Å². The van der Waals surface area contributed by atoms with Gasteiger partial charge in [0.1, 0.15) is 0 Å². The minimum atomic E-state index is -1.01. The Morgan fingerprint density at radius 3 is 2.31 bits per heavy atom. The molecule has 2 aromatic carbocycles. The number of hydrogen-bond acceptors (Lipinski definition) is 2. The Hall–Kier alpha value is -2.18. The average molecular weight is 439 g/mol. The van der Waals surface area contributed by atoms with E-state index in [4.69, 9.17) is 23.2 Å². The molecule has 0 unspecified atom stereocenters. The fourth-order valence-corrected chi connectivity index (χ4v) is 4.81. The van der Waals surface area contributed by atoms with Crippen molar-refractivity contribution in [1.82, 2.24) is 5.32 Å². The van der Waals surface area contributed by atoms with Gasteiger partial charge in [-0.3, -0.25) is 9.59 Å². The van der Waals surface area contributed by atoms with Gasteiger partial charge in [-0.05, 0) is 55.0 Å². The van der Waals surface area contributed by atoms with Crippen LogP contribution in [0.3, 0.4) is 0 Å². The van der Waals surface area contributed by atoms with E-state index in [1.807, 2.05) is 6.92 Å². The van der Waals surface area contributed by atoms with E-state index in [-0.39, 0.29) is 34.4 Å². The summed E-state index contributed by atoms with van der Waals surface area (Å²) in [5, 5.41) is 6.38. The molecule has 29 heavy (non-hydrogen) atoms. The molecule has 1 atom stereocenters. The van der Waals surface area contributed by atoms with E-state index in [0.717, 1.165) is 12.1 Å². The normalized spacial score (nSPS) is 25.4. The van der Waals surface area contributed by atoms with Crippen LogP contribution in [0.5, 0.6) is 0 Å². The average Bonchev–Trinajstić information content (AvgIpc) is 2.61. The second-order valence-electron chi connectivity index (χ2n) is 8.10. The van der Waals surface area contributed by atoms with Crippen LogP contribution >= 0.6 is 23.2 Å². The summed E-state index contributed by atoms with van der Waals surface area (Å²) < 4.78 is 26.4. The lowest BCUT2D eigenvalue weighted by atomic mass is 9.36. The Balaban J connectivity index is 1.35. The number of anilines is 1. The lowest BCUT2D eigenvalue weighted by molar-refractivity contribution is -0.184. The van der Waals surface area contributed by atoms with Crippen LogP contribution in [-0.2, 0) is 4.79 Å². The van der Waals surface area contributed by atoms with Gasteiger partial charge in [-0.1, -0.05) is 30.1 Å². The van der Waals surface area contributed by atoms with Gasteiger partial charge in [0.15, 0.2) is 11.6 Å². The largest absolute Gasteiger partial charge is 0.347 e. The first-order valence-corrected chi connectivity index (χ1v) is 9.92. The minimum absolute atomic E-state index is 0.187. The van der Waals surface area contributed by atoms with Gasteiger partial charge in [0.2, 0.25) is 5.91 Å². The second kappa shape index (κ2) is 6.96. The molecule has 0 aromatic heterocycles. The Labute approximate surface area is 176 Å². The predicted molar refractivity (Wildman–Crippen MR) is 107 cm³/mol. The maximum Gasteiger partial charge on any atom is 0.251 e. The van der Waals surface area contributed by atoms with Gasteiger partial charge in [-0.15, -0.1) is 0 Å². The van der Waals surface area contributed by atoms with E-state index < -0.39 is 11.6 Å². The molecule has 3 fully saturated rings. The number of benzene rings is 2. The van der Waals surface area contributed by atoms with E-state index in [2.05, 4.69) is 10.6 Å². The molecule has 2 bridgehead atoms. The smallest absolute Gasteiger partial charge is 0.251 e. The van der Waals surface area contributed by atoms with Crippen molar-refractivity contribution in [3.8, 4) is 0 Å². The van der Waals surface area contributed by atoms with Gasteiger partial charge in [-0.25, -0.2) is 8.78 Å². The van der Waals surface area contributed by atoms with E-state index in [0.29, 0.717) is 34.9 Å². The topological polar surface area (TPSA) is 58.2 Å². The van der Waals surface area contributed by atoms with Gasteiger partial charge < -0.3 is 10.6 Å². The molecule has 2 N–H and O–H groups in total. The van der Waals surface area contributed by atoms with Crippen molar-refractivity contribution in [1.29, 1.82) is 0 Å². The molecule has 5 rings (SSSR count). The molecule has 0 radical (unpaired) electrons. The molecule has 152 valence electrons. The van der Waals surface area contributed by atoms with Crippen LogP contribution < -0.4 is 10.6 Å². The highest BCUT2D eigenvalue weighted by Crippen LogP contribution is 2.70. The number of nitrogens with one attached hydrogen (secondary N) is 2. The standard InChI is InChI=1S/C21H18Cl2F2N2O2/c1-11(18(28)26-13-3-5-16(24)17(25)7-13)20-8-21(9-20,10-20)27-19(29)12-2-4-14(22)15(23)6-12/h2-7,11H,8-10H2,1H3,(H,26,28)(H,27,29)/t11-,20?,21?/m0/s1. The zero-order chi connectivity index (χ0) is 21.0. The molecule has 0 heterocycles. The Morgan fingerprint density at radius 1 is 1.00 bits per heavy atom. The molecule has 3 aliphatic carbocycles. The summed E-state index contributed by atoms with van der Waals surface area (Å²) in [6, 6.07) is 7.98. The van der Waals surface area contributed by atoms with Crippen LogP contribution in [0.25, 0.3) is 0 Å². The number of amides is 2. The summed E-state index contributed by atoms with van der Waals surface area (Å²) in [6.45, 7) is 1.82. The van der Waals surface area contributed by atoms with Crippen molar-refractivity contribution in [2.45, 2.75) is 31.7 Å². The quantitative estimate of drug-likeness (QED) is 0.673. The number of rotatable bonds is 5. The zero-order valence-electron chi connectivity index (χ0n) is 15.5. The molecule has 0 spiro atoms. The summed E-state index contributed by atoms with van der Waals surface area (Å²) in [5.41, 5.74) is 0.158. The minimum Gasteiger partial charge on any atom is -0.347 e. The lowest BCUT2D eigenvalue weighted by Crippen LogP contribution is -2.77. The maximum absolute atomic E-state index is 13.3. The molecule has 0 aliphatic heterocycles. The van der Waals surface area contributed by atoms with Gasteiger partial charge >= 0.3 is 0 Å². The van der Waals surface area contributed by atoms with Crippen LogP contribution in [0.1, 0.15) is 36.5 Å². The summed E-state index contributed by atoms with van der Waals surface area (Å²) in [6.07, 6.45) is 2.08. The van der Waals surface area contributed by atoms with Crippen molar-refractivity contribution in [3.05, 3.63) is 63.6 Å². The van der Waals surface area contributed by atoms with E-state index >= 15 is 0 Å². The SMILES string of the molecule is C[C@@H](C(=O)Nc1ccc(F)c(F)c1)C12CC(NC(=O)c3ccc(Cl)c(Cl)c3)(C1)C2. The van der Waals surface area contributed by atoms with Gasteiger partial charge in [-0.2, -0.15) is 0 Å². The van der Waals surface area contributed by atoms with Crippen molar-refractivity contribution in [2.75, 3.05) is 5.32 Å². The highest BCUT2D eigenvalue weighted by Gasteiger charge is 2.71. The van der Waals surface area contributed by atoms with Crippen molar-refractivity contribution in [2.24, 2.45) is 11.3 Å². The first-order chi connectivity index (χ1) is 13.6. The molecule has 3 saturated carbocycles. The molecule has 2 aromatic rings. The monoisotopic (exact) mass is 438 g/mol. The highest BCUT2D eigenvalue weighted by molar-refractivity contribution is 6.42. The fraction of sp³-hybridized carbons (Fsp3) is 0.333. The third-order valence-corrected chi connectivity index (χ3v) is 6.87. The third kappa shape index (κ3) is 3.49. The number of hydrogen-bond donors (Lipinski definition) is 2. The zero-order valence-corrected chi connectivity index (χ0v) is 17.0. The predicted octanol–water partition coefficient (Wildman–Crippen LogP) is 5.20. The van der Waals surface area contributed by atoms with Crippen molar-refractivity contribution < 1.29 is 18.4 Å². The molecule has 3 aliphatic rings. The Kier molecular flexibility index (Phi) is 4.82. The number of halogens is 4. The van der Waals surface area contributed by atoms with Gasteiger partial charge in [0, 0.05) is 28.8 Å². The summed E-state index contributed by atoms with van der Waals surface area (Å²) in [5.74, 6) is -2.77. The number of carbonyl (C=O) groups is 2. The first-order valence-electron chi connectivity index (χ1n) is 9.17. The molecular weight excluding hydrogens is 421 g/mol. The maximum atomic E-state index is 13.3. The van der Waals surface area contributed by atoms with Crippen LogP contribution in [-0.4, -0.2) is 17.4 Å². The molecule has 4 nitrogen and oxygen atoms in total. The second-order valence-corrected chi connectivity index (χ2v) is 8.91. The van der Waals surface area contributed by atoms with E-state index in [1.165, 1.54) is 12.1 Å². The number of carbonyl (C=O) groups excluding carboxylic acids is 2. The van der Waals surface area contributed by atoms with Gasteiger partial charge in [0.25, 0.3) is 5.91 Å². The molecule has 2 amide bonds. The molecular formula is C21H18Cl2F2N2O2. The Morgan fingerprint density at radius 2 is 1.69 bits per heavy atom. The summed E-state index contributed by atoms with van der Waals surface area (Å²) >= 11 is 11.9. The Bertz CT molecular complexity index is 1010. The third-order valence-electron chi connectivity index (χ3n) is 6.13. The molecule has 0 saturated heterocycles. The van der Waals surface area contributed by atoms with Crippen LogP contribution in [0.4, 0.5) is 14.5 Å². The van der Waals surface area contributed by atoms with Crippen molar-refractivity contribution >= 4 is 40.7 Å². The van der Waals surface area contributed by atoms with E-state index in [1.54, 1.807) is 12.1 Å². The van der Waals surface area contributed by atoms with Crippen LogP contribution in [0.2, 0.25) is 10.0 Å². The van der Waals surface area contributed by atoms with Crippen LogP contribution in [0.15, 0.2) is 36.4 Å². The van der Waals surface area contributed by atoms with Crippen LogP contribution in [0, 0.1) is 23.0 Å². The molecule has 8 heteroatoms. The summed E-state index contributed by atoms with van der Waals surface area (Å²) in [4.78, 5) is 25.0. The summed E-state index contributed by atoms with van der Waals surface area (Å²) in [7, 11) is 0. The first kappa shape index (κ1) is 20.1. The van der Waals surface area contributed by atoms with Gasteiger partial charge in [0.05, 0.1) is 10.0 Å². The van der Waals surface area contributed by atoms with Crippen molar-refractivity contribution in [3.63, 3.8) is 0 Å². The fourth-order valence-electron chi connectivity index (χ4n) is 4.51.